The maximum absolute atomic E-state index is 11.8. The Hall–Kier alpha value is -1.06. The topological polar surface area (TPSA) is 41.1 Å². The van der Waals surface area contributed by atoms with Gasteiger partial charge in [0.05, 0.1) is 0 Å². The molecule has 0 aromatic heterocycles. The number of carbonyl (C=O) groups excluding carboxylic acids is 1. The lowest BCUT2D eigenvalue weighted by atomic mass is 10.1. The Morgan fingerprint density at radius 3 is 2.60 bits per heavy atom. The summed E-state index contributed by atoms with van der Waals surface area (Å²) in [5.41, 5.74) is 1.78. The van der Waals surface area contributed by atoms with Crippen molar-refractivity contribution in [3.8, 4) is 0 Å². The van der Waals surface area contributed by atoms with Crippen LogP contribution in [0.15, 0.2) is 18.2 Å². The van der Waals surface area contributed by atoms with Crippen LogP contribution in [0.2, 0.25) is 5.02 Å². The number of benzene rings is 1. The first-order chi connectivity index (χ1) is 9.40. The van der Waals surface area contributed by atoms with Crippen LogP contribution in [0.25, 0.3) is 0 Å². The molecule has 4 heteroatoms. The Bertz CT molecular complexity index is 446. The van der Waals surface area contributed by atoms with Crippen LogP contribution >= 0.6 is 11.6 Å². The summed E-state index contributed by atoms with van der Waals surface area (Å²) in [6.07, 6.45) is 1.37. The molecule has 1 aromatic carbocycles. The van der Waals surface area contributed by atoms with Crippen molar-refractivity contribution in [2.75, 3.05) is 11.9 Å². The smallest absolute Gasteiger partial charge is 0.224 e. The van der Waals surface area contributed by atoms with Crippen molar-refractivity contribution in [3.63, 3.8) is 0 Å². The largest absolute Gasteiger partial charge is 0.326 e. The van der Waals surface area contributed by atoms with Gasteiger partial charge in [0.1, 0.15) is 0 Å². The van der Waals surface area contributed by atoms with Gasteiger partial charge in [0.25, 0.3) is 0 Å². The SMILES string of the molecule is Cc1cc(NC(=O)CCCNC(C)C(C)C)ccc1Cl. The zero-order valence-electron chi connectivity index (χ0n) is 12.8. The lowest BCUT2D eigenvalue weighted by Crippen LogP contribution is -2.31. The molecule has 1 unspecified atom stereocenters. The molecule has 1 rings (SSSR count). The Balaban J connectivity index is 2.28. The summed E-state index contributed by atoms with van der Waals surface area (Å²) in [5.74, 6) is 0.659. The summed E-state index contributed by atoms with van der Waals surface area (Å²) >= 11 is 5.95. The highest BCUT2D eigenvalue weighted by atomic mass is 35.5. The molecule has 1 amide bonds. The predicted molar refractivity (Wildman–Crippen MR) is 86.4 cm³/mol. The highest BCUT2D eigenvalue weighted by Crippen LogP contribution is 2.19. The standard InChI is InChI=1S/C16H25ClN2O/c1-11(2)13(4)18-9-5-6-16(20)19-14-7-8-15(17)12(3)10-14/h7-8,10-11,13,18H,5-6,9H2,1-4H3,(H,19,20). The quantitative estimate of drug-likeness (QED) is 0.747. The van der Waals surface area contributed by atoms with Crippen LogP contribution < -0.4 is 10.6 Å². The molecule has 0 bridgehead atoms. The van der Waals surface area contributed by atoms with Crippen molar-refractivity contribution in [3.05, 3.63) is 28.8 Å². The molecule has 0 aliphatic heterocycles. The molecule has 0 fully saturated rings. The number of hydrogen-bond acceptors (Lipinski definition) is 2. The van der Waals surface area contributed by atoms with Gasteiger partial charge in [-0.15, -0.1) is 0 Å². The number of anilines is 1. The number of halogens is 1. The summed E-state index contributed by atoms with van der Waals surface area (Å²) in [7, 11) is 0. The predicted octanol–water partition coefficient (Wildman–Crippen LogP) is 4.00. The highest BCUT2D eigenvalue weighted by molar-refractivity contribution is 6.31. The second kappa shape index (κ2) is 8.28. The molecule has 0 saturated heterocycles. The minimum Gasteiger partial charge on any atom is -0.326 e. The molecular formula is C16H25ClN2O. The van der Waals surface area contributed by atoms with Gasteiger partial charge < -0.3 is 10.6 Å². The van der Waals surface area contributed by atoms with Gasteiger partial charge in [0.2, 0.25) is 5.91 Å². The van der Waals surface area contributed by atoms with Crippen molar-refractivity contribution in [2.24, 2.45) is 5.92 Å². The van der Waals surface area contributed by atoms with Gasteiger partial charge in [-0.3, -0.25) is 4.79 Å². The molecule has 0 spiro atoms. The highest BCUT2D eigenvalue weighted by Gasteiger charge is 2.07. The molecule has 0 heterocycles. The Labute approximate surface area is 127 Å². The lowest BCUT2D eigenvalue weighted by molar-refractivity contribution is -0.116. The number of rotatable bonds is 7. The molecule has 0 saturated carbocycles. The Kier molecular flexibility index (Phi) is 7.03. The Morgan fingerprint density at radius 2 is 2.00 bits per heavy atom. The van der Waals surface area contributed by atoms with Crippen molar-refractivity contribution < 1.29 is 4.79 Å². The maximum atomic E-state index is 11.8. The van der Waals surface area contributed by atoms with E-state index in [9.17, 15) is 4.79 Å². The van der Waals surface area contributed by atoms with Crippen LogP contribution in [0.1, 0.15) is 39.2 Å². The third-order valence-electron chi connectivity index (χ3n) is 3.49. The number of aryl methyl sites for hydroxylation is 1. The normalized spacial score (nSPS) is 12.5. The average molecular weight is 297 g/mol. The second-order valence-corrected chi connectivity index (χ2v) is 6.01. The fourth-order valence-corrected chi connectivity index (χ4v) is 1.88. The fourth-order valence-electron chi connectivity index (χ4n) is 1.76. The first-order valence-electron chi connectivity index (χ1n) is 7.19. The molecule has 0 aliphatic rings. The van der Waals surface area contributed by atoms with E-state index < -0.39 is 0 Å². The van der Waals surface area contributed by atoms with E-state index in [-0.39, 0.29) is 5.91 Å². The van der Waals surface area contributed by atoms with Crippen LogP contribution in [0.4, 0.5) is 5.69 Å². The molecule has 20 heavy (non-hydrogen) atoms. The zero-order valence-corrected chi connectivity index (χ0v) is 13.6. The molecular weight excluding hydrogens is 272 g/mol. The monoisotopic (exact) mass is 296 g/mol. The minimum absolute atomic E-state index is 0.0470. The molecule has 0 aliphatic carbocycles. The fraction of sp³-hybridized carbons (Fsp3) is 0.562. The van der Waals surface area contributed by atoms with Gasteiger partial charge in [0, 0.05) is 23.2 Å². The van der Waals surface area contributed by atoms with Crippen molar-refractivity contribution in [1.82, 2.24) is 5.32 Å². The third-order valence-corrected chi connectivity index (χ3v) is 3.91. The second-order valence-electron chi connectivity index (χ2n) is 5.60. The van der Waals surface area contributed by atoms with Crippen molar-refractivity contribution >= 4 is 23.2 Å². The number of nitrogens with one attached hydrogen (secondary N) is 2. The lowest BCUT2D eigenvalue weighted by Gasteiger charge is -2.17. The number of hydrogen-bond donors (Lipinski definition) is 2. The van der Waals surface area contributed by atoms with Gasteiger partial charge in [-0.1, -0.05) is 25.4 Å². The minimum atomic E-state index is 0.0470. The summed E-state index contributed by atoms with van der Waals surface area (Å²) < 4.78 is 0. The van der Waals surface area contributed by atoms with Gasteiger partial charge in [-0.2, -0.15) is 0 Å². The summed E-state index contributed by atoms with van der Waals surface area (Å²) in [5, 5.41) is 7.03. The summed E-state index contributed by atoms with van der Waals surface area (Å²) in [6, 6.07) is 6.00. The van der Waals surface area contributed by atoms with Crippen LogP contribution in [0.5, 0.6) is 0 Å². The number of carbonyl (C=O) groups is 1. The molecule has 1 aromatic rings. The van der Waals surface area contributed by atoms with E-state index in [4.69, 9.17) is 11.6 Å². The molecule has 112 valence electrons. The summed E-state index contributed by atoms with van der Waals surface area (Å²) in [6.45, 7) is 9.34. The van der Waals surface area contributed by atoms with Gasteiger partial charge in [-0.25, -0.2) is 0 Å². The van der Waals surface area contributed by atoms with E-state index in [0.717, 1.165) is 29.2 Å². The van der Waals surface area contributed by atoms with E-state index in [1.165, 1.54) is 0 Å². The van der Waals surface area contributed by atoms with Gasteiger partial charge >= 0.3 is 0 Å². The first-order valence-corrected chi connectivity index (χ1v) is 7.57. The molecule has 1 atom stereocenters. The van der Waals surface area contributed by atoms with Crippen molar-refractivity contribution in [2.45, 2.75) is 46.6 Å². The van der Waals surface area contributed by atoms with Crippen LogP contribution in [-0.4, -0.2) is 18.5 Å². The van der Waals surface area contributed by atoms with Gasteiger partial charge in [0.15, 0.2) is 0 Å². The van der Waals surface area contributed by atoms with Crippen LogP contribution in [0.3, 0.4) is 0 Å². The van der Waals surface area contributed by atoms with Crippen molar-refractivity contribution in [1.29, 1.82) is 0 Å². The van der Waals surface area contributed by atoms with E-state index in [1.54, 1.807) is 6.07 Å². The van der Waals surface area contributed by atoms with Crippen LogP contribution in [0, 0.1) is 12.8 Å². The number of amides is 1. The third kappa shape index (κ3) is 5.93. The van der Waals surface area contributed by atoms with E-state index in [0.29, 0.717) is 18.4 Å². The zero-order chi connectivity index (χ0) is 15.1. The summed E-state index contributed by atoms with van der Waals surface area (Å²) in [4.78, 5) is 11.8. The molecule has 2 N–H and O–H groups in total. The van der Waals surface area contributed by atoms with Gasteiger partial charge in [-0.05, 0) is 56.5 Å². The molecule has 3 nitrogen and oxygen atoms in total. The molecule has 0 radical (unpaired) electrons. The maximum Gasteiger partial charge on any atom is 0.224 e. The average Bonchev–Trinajstić information content (AvgIpc) is 2.38. The first kappa shape index (κ1) is 17.0. The van der Waals surface area contributed by atoms with Crippen LogP contribution in [-0.2, 0) is 4.79 Å². The Morgan fingerprint density at radius 1 is 1.30 bits per heavy atom. The van der Waals surface area contributed by atoms with E-state index in [2.05, 4.69) is 31.4 Å². The van der Waals surface area contributed by atoms with E-state index >= 15 is 0 Å². The van der Waals surface area contributed by atoms with E-state index in [1.807, 2.05) is 19.1 Å².